The zero-order chi connectivity index (χ0) is 13.7. The molecule has 0 unspecified atom stereocenters. The van der Waals surface area contributed by atoms with Crippen molar-refractivity contribution >= 4 is 0 Å². The van der Waals surface area contributed by atoms with Crippen molar-refractivity contribution in [1.82, 2.24) is 4.90 Å². The molecule has 1 aromatic rings. The average molecular weight is 261 g/mol. The Bertz CT molecular complexity index is 394. The molecule has 0 radical (unpaired) electrons. The van der Waals surface area contributed by atoms with E-state index in [0.717, 1.165) is 18.9 Å². The summed E-state index contributed by atoms with van der Waals surface area (Å²) in [4.78, 5) is 2.52. The van der Waals surface area contributed by atoms with E-state index in [1.54, 1.807) is 0 Å². The lowest BCUT2D eigenvalue weighted by Gasteiger charge is -2.26. The highest BCUT2D eigenvalue weighted by atomic mass is 16.5. The smallest absolute Gasteiger partial charge is 0.119 e. The molecule has 2 rings (SSSR count). The number of likely N-dealkylation sites (tertiary alicyclic amines) is 1. The molecule has 1 aromatic carbocycles. The third kappa shape index (κ3) is 4.54. The number of benzene rings is 1. The molecule has 0 amide bonds. The van der Waals surface area contributed by atoms with Crippen LogP contribution in [0.15, 0.2) is 18.2 Å². The van der Waals surface area contributed by atoms with Crippen LogP contribution in [0.5, 0.6) is 5.75 Å². The van der Waals surface area contributed by atoms with Crippen LogP contribution in [0.1, 0.15) is 50.2 Å². The van der Waals surface area contributed by atoms with Gasteiger partial charge in [-0.15, -0.1) is 0 Å². The largest absolute Gasteiger partial charge is 0.492 e. The van der Waals surface area contributed by atoms with Crippen molar-refractivity contribution in [2.75, 3.05) is 26.2 Å². The Balaban J connectivity index is 1.84. The number of hydrogen-bond acceptors (Lipinski definition) is 2. The highest BCUT2D eigenvalue weighted by Crippen LogP contribution is 2.22. The molecule has 0 aliphatic carbocycles. The molecular weight excluding hydrogens is 234 g/mol. The molecule has 0 spiro atoms. The third-order valence-corrected chi connectivity index (χ3v) is 3.86. The molecule has 1 aliphatic rings. The van der Waals surface area contributed by atoms with Gasteiger partial charge in [-0.2, -0.15) is 0 Å². The molecule has 0 bridgehead atoms. The lowest BCUT2D eigenvalue weighted by atomic mass is 10.0. The molecule has 0 N–H and O–H groups in total. The van der Waals surface area contributed by atoms with Gasteiger partial charge in [0, 0.05) is 6.54 Å². The summed E-state index contributed by atoms with van der Waals surface area (Å²) in [6.07, 6.45) is 4.09. The molecule has 0 aromatic heterocycles. The number of hydrogen-bond donors (Lipinski definition) is 0. The molecule has 0 saturated carbocycles. The van der Waals surface area contributed by atoms with E-state index in [1.807, 2.05) is 0 Å². The van der Waals surface area contributed by atoms with Gasteiger partial charge in [-0.3, -0.25) is 4.90 Å². The summed E-state index contributed by atoms with van der Waals surface area (Å²) in [5, 5.41) is 0. The zero-order valence-corrected chi connectivity index (χ0v) is 12.6. The normalized spacial score (nSPS) is 16.8. The number of rotatable bonds is 5. The first-order chi connectivity index (χ1) is 9.15. The van der Waals surface area contributed by atoms with Crippen LogP contribution >= 0.6 is 0 Å². The van der Waals surface area contributed by atoms with Crippen molar-refractivity contribution in [1.29, 1.82) is 0 Å². The van der Waals surface area contributed by atoms with Gasteiger partial charge in [0.15, 0.2) is 0 Å². The third-order valence-electron chi connectivity index (χ3n) is 3.86. The van der Waals surface area contributed by atoms with E-state index < -0.39 is 0 Å². The number of aryl methyl sites for hydroxylation is 1. The minimum Gasteiger partial charge on any atom is -0.492 e. The van der Waals surface area contributed by atoms with Crippen LogP contribution in [0.4, 0.5) is 0 Å². The highest BCUT2D eigenvalue weighted by molar-refractivity contribution is 5.35. The Morgan fingerprint density at radius 3 is 2.53 bits per heavy atom. The fourth-order valence-corrected chi connectivity index (χ4v) is 2.67. The standard InChI is InChI=1S/C17H27NO/c1-14(2)16-11-15(3)12-17(13-16)19-10-9-18-7-5-4-6-8-18/h11-14H,4-10H2,1-3H3. The highest BCUT2D eigenvalue weighted by Gasteiger charge is 2.10. The predicted molar refractivity (Wildman–Crippen MR) is 81.1 cm³/mol. The maximum absolute atomic E-state index is 5.94. The first kappa shape index (κ1) is 14.4. The molecule has 0 atom stereocenters. The number of piperidine rings is 1. The second-order valence-electron chi connectivity index (χ2n) is 5.98. The molecule has 1 saturated heterocycles. The molecule has 1 aliphatic heterocycles. The summed E-state index contributed by atoms with van der Waals surface area (Å²) in [6.45, 7) is 11.0. The minimum absolute atomic E-state index is 0.560. The quantitative estimate of drug-likeness (QED) is 0.795. The van der Waals surface area contributed by atoms with Crippen LogP contribution in [0.25, 0.3) is 0 Å². The molecule has 106 valence electrons. The predicted octanol–water partition coefficient (Wildman–Crippen LogP) is 3.98. The van der Waals surface area contributed by atoms with Gasteiger partial charge in [-0.25, -0.2) is 0 Å². The van der Waals surface area contributed by atoms with Crippen LogP contribution in [0.2, 0.25) is 0 Å². The topological polar surface area (TPSA) is 12.5 Å². The zero-order valence-electron chi connectivity index (χ0n) is 12.6. The summed E-state index contributed by atoms with van der Waals surface area (Å²) in [6, 6.07) is 6.58. The Hall–Kier alpha value is -1.02. The summed E-state index contributed by atoms with van der Waals surface area (Å²) in [5.74, 6) is 1.59. The summed E-state index contributed by atoms with van der Waals surface area (Å²) >= 11 is 0. The van der Waals surface area contributed by atoms with Crippen molar-refractivity contribution in [3.8, 4) is 5.75 Å². The SMILES string of the molecule is Cc1cc(OCCN2CCCCC2)cc(C(C)C)c1. The second kappa shape index (κ2) is 6.95. The van der Waals surface area contributed by atoms with Gasteiger partial charge >= 0.3 is 0 Å². The molecule has 1 heterocycles. The van der Waals surface area contributed by atoms with Crippen molar-refractivity contribution < 1.29 is 4.74 Å². The van der Waals surface area contributed by atoms with Gasteiger partial charge in [-0.05, 0) is 62.0 Å². The molecular formula is C17H27NO. The van der Waals surface area contributed by atoms with Gasteiger partial charge < -0.3 is 4.74 Å². The fraction of sp³-hybridized carbons (Fsp3) is 0.647. The lowest BCUT2D eigenvalue weighted by molar-refractivity contribution is 0.183. The first-order valence-corrected chi connectivity index (χ1v) is 7.62. The van der Waals surface area contributed by atoms with Gasteiger partial charge in [0.05, 0.1) is 0 Å². The lowest BCUT2D eigenvalue weighted by Crippen LogP contribution is -2.33. The summed E-state index contributed by atoms with van der Waals surface area (Å²) in [7, 11) is 0. The van der Waals surface area contributed by atoms with Crippen molar-refractivity contribution in [2.24, 2.45) is 0 Å². The van der Waals surface area contributed by atoms with E-state index in [0.29, 0.717) is 5.92 Å². The van der Waals surface area contributed by atoms with Crippen LogP contribution in [0.3, 0.4) is 0 Å². The van der Waals surface area contributed by atoms with Crippen molar-refractivity contribution in [3.63, 3.8) is 0 Å². The minimum atomic E-state index is 0.560. The molecule has 1 fully saturated rings. The van der Waals surface area contributed by atoms with Crippen LogP contribution in [-0.2, 0) is 0 Å². The monoisotopic (exact) mass is 261 g/mol. The van der Waals surface area contributed by atoms with Crippen LogP contribution in [0, 0.1) is 6.92 Å². The van der Waals surface area contributed by atoms with E-state index >= 15 is 0 Å². The van der Waals surface area contributed by atoms with E-state index in [2.05, 4.69) is 43.9 Å². The van der Waals surface area contributed by atoms with Gasteiger partial charge in [0.2, 0.25) is 0 Å². The Kier molecular flexibility index (Phi) is 5.26. The van der Waals surface area contributed by atoms with Crippen LogP contribution < -0.4 is 4.74 Å². The van der Waals surface area contributed by atoms with E-state index in [9.17, 15) is 0 Å². The fourth-order valence-electron chi connectivity index (χ4n) is 2.67. The Morgan fingerprint density at radius 2 is 1.84 bits per heavy atom. The van der Waals surface area contributed by atoms with Gasteiger partial charge in [0.1, 0.15) is 12.4 Å². The van der Waals surface area contributed by atoms with Gasteiger partial charge in [0.25, 0.3) is 0 Å². The van der Waals surface area contributed by atoms with E-state index in [1.165, 1.54) is 43.5 Å². The Labute approximate surface area is 117 Å². The summed E-state index contributed by atoms with van der Waals surface area (Å²) in [5.41, 5.74) is 2.66. The van der Waals surface area contributed by atoms with Crippen molar-refractivity contribution in [2.45, 2.75) is 46.0 Å². The molecule has 2 heteroatoms. The van der Waals surface area contributed by atoms with Gasteiger partial charge in [-0.1, -0.05) is 26.3 Å². The number of nitrogens with zero attached hydrogens (tertiary/aromatic N) is 1. The maximum atomic E-state index is 5.94. The second-order valence-corrected chi connectivity index (χ2v) is 5.98. The van der Waals surface area contributed by atoms with E-state index in [-0.39, 0.29) is 0 Å². The first-order valence-electron chi connectivity index (χ1n) is 7.62. The summed E-state index contributed by atoms with van der Waals surface area (Å²) < 4.78 is 5.94. The Morgan fingerprint density at radius 1 is 1.11 bits per heavy atom. The van der Waals surface area contributed by atoms with Crippen molar-refractivity contribution in [3.05, 3.63) is 29.3 Å². The number of ether oxygens (including phenoxy) is 1. The molecule has 2 nitrogen and oxygen atoms in total. The maximum Gasteiger partial charge on any atom is 0.119 e. The van der Waals surface area contributed by atoms with E-state index in [4.69, 9.17) is 4.74 Å². The van der Waals surface area contributed by atoms with Crippen LogP contribution in [-0.4, -0.2) is 31.1 Å². The average Bonchev–Trinajstić information content (AvgIpc) is 2.39. The molecule has 19 heavy (non-hydrogen) atoms.